The van der Waals surface area contributed by atoms with Crippen molar-refractivity contribution >= 4 is 34.7 Å². The summed E-state index contributed by atoms with van der Waals surface area (Å²) in [5.41, 5.74) is 2.20. The number of carbonyl (C=O) groups excluding carboxylic acids is 3. The number of carbonyl (C=O) groups is 3. The van der Waals surface area contributed by atoms with Crippen LogP contribution in [-0.2, 0) is 9.53 Å². The van der Waals surface area contributed by atoms with Crippen LogP contribution < -0.4 is 15.4 Å². The van der Waals surface area contributed by atoms with Gasteiger partial charge >= 0.3 is 12.0 Å². The largest absolute Gasteiger partial charge is 0.497 e. The summed E-state index contributed by atoms with van der Waals surface area (Å²) >= 11 is 0. The summed E-state index contributed by atoms with van der Waals surface area (Å²) in [7, 11) is 1.53. The average Bonchev–Trinajstić information content (AvgIpc) is 3.55. The summed E-state index contributed by atoms with van der Waals surface area (Å²) in [5, 5.41) is 8.92. The number of hydrogen-bond acceptors (Lipinski definition) is 8. The van der Waals surface area contributed by atoms with Crippen molar-refractivity contribution in [1.82, 2.24) is 15.5 Å². The lowest BCUT2D eigenvalue weighted by molar-refractivity contribution is -0.123. The van der Waals surface area contributed by atoms with Crippen LogP contribution in [-0.4, -0.2) is 41.8 Å². The van der Waals surface area contributed by atoms with E-state index >= 15 is 0 Å². The number of anilines is 1. The summed E-state index contributed by atoms with van der Waals surface area (Å²) in [6.45, 7) is 1.07. The number of benzene rings is 1. The van der Waals surface area contributed by atoms with Crippen molar-refractivity contribution in [2.24, 2.45) is 0 Å². The third-order valence-corrected chi connectivity index (χ3v) is 4.79. The number of fused-ring (bicyclic) bond motifs is 1. The lowest BCUT2D eigenvalue weighted by Gasteiger charge is -2.09. The van der Waals surface area contributed by atoms with Gasteiger partial charge in [0.1, 0.15) is 5.75 Å². The maximum atomic E-state index is 12.6. The fourth-order valence-electron chi connectivity index (χ4n) is 3.07. The van der Waals surface area contributed by atoms with Gasteiger partial charge in [-0.1, -0.05) is 5.16 Å². The molecule has 2 heterocycles. The molecule has 3 amide bonds. The topological polar surface area (TPSA) is 133 Å². The Labute approximate surface area is 176 Å². The monoisotopic (exact) mass is 424 g/mol. The Morgan fingerprint density at radius 2 is 1.94 bits per heavy atom. The van der Waals surface area contributed by atoms with Crippen molar-refractivity contribution < 1.29 is 28.4 Å². The molecule has 4 rings (SSSR count). The van der Waals surface area contributed by atoms with Crippen molar-refractivity contribution in [1.29, 1.82) is 0 Å². The van der Waals surface area contributed by atoms with E-state index in [0.717, 1.165) is 18.5 Å². The molecule has 1 aromatic carbocycles. The molecule has 2 aromatic heterocycles. The van der Waals surface area contributed by atoms with Gasteiger partial charge in [0.25, 0.3) is 11.6 Å². The predicted molar refractivity (Wildman–Crippen MR) is 109 cm³/mol. The molecule has 2 N–H and O–H groups in total. The molecule has 10 heteroatoms. The van der Waals surface area contributed by atoms with Crippen LogP contribution in [0.1, 0.15) is 40.5 Å². The molecule has 0 aliphatic heterocycles. The Morgan fingerprint density at radius 3 is 2.61 bits per heavy atom. The first kappa shape index (κ1) is 20.3. The van der Waals surface area contributed by atoms with Crippen LogP contribution in [0.5, 0.6) is 5.75 Å². The van der Waals surface area contributed by atoms with Gasteiger partial charge in [0.15, 0.2) is 6.61 Å². The normalized spacial score (nSPS) is 13.0. The van der Waals surface area contributed by atoms with Gasteiger partial charge in [0.2, 0.25) is 0 Å². The Kier molecular flexibility index (Phi) is 5.52. The molecule has 0 atom stereocenters. The zero-order chi connectivity index (χ0) is 22.0. The van der Waals surface area contributed by atoms with E-state index in [1.807, 2.05) is 0 Å². The van der Waals surface area contributed by atoms with E-state index in [4.69, 9.17) is 14.0 Å². The highest BCUT2D eigenvalue weighted by Crippen LogP contribution is 2.40. The number of nitrogens with one attached hydrogen (secondary N) is 2. The number of nitrogens with zero attached hydrogens (tertiary/aromatic N) is 2. The molecular formula is C21H20N4O6. The second-order valence-corrected chi connectivity index (χ2v) is 7.12. The molecule has 10 nitrogen and oxygen atoms in total. The lowest BCUT2D eigenvalue weighted by Crippen LogP contribution is -2.37. The second kappa shape index (κ2) is 8.42. The van der Waals surface area contributed by atoms with Crippen LogP contribution in [0, 0.1) is 6.92 Å². The SMILES string of the molecule is COc1ccc(NC(=O)NC(=O)COC(=O)c2cc(C3CC3)nc3onc(C)c23)cc1. The van der Waals surface area contributed by atoms with Gasteiger partial charge in [-0.05, 0) is 50.1 Å². The number of ether oxygens (including phenoxy) is 2. The molecular weight excluding hydrogens is 404 g/mol. The van der Waals surface area contributed by atoms with Crippen molar-refractivity contribution in [3.8, 4) is 5.75 Å². The molecule has 160 valence electrons. The van der Waals surface area contributed by atoms with Gasteiger partial charge < -0.3 is 19.3 Å². The summed E-state index contributed by atoms with van der Waals surface area (Å²) < 4.78 is 15.4. The van der Waals surface area contributed by atoms with Crippen molar-refractivity contribution in [2.75, 3.05) is 19.0 Å². The maximum absolute atomic E-state index is 12.6. The van der Waals surface area contributed by atoms with Gasteiger partial charge in [-0.3, -0.25) is 10.1 Å². The van der Waals surface area contributed by atoms with Gasteiger partial charge in [-0.2, -0.15) is 0 Å². The molecule has 31 heavy (non-hydrogen) atoms. The zero-order valence-electron chi connectivity index (χ0n) is 16.9. The first-order valence-electron chi connectivity index (χ1n) is 9.63. The number of esters is 1. The number of amides is 3. The van der Waals surface area contributed by atoms with E-state index in [9.17, 15) is 14.4 Å². The molecule has 0 spiro atoms. The number of urea groups is 1. The number of imide groups is 1. The molecule has 1 aliphatic carbocycles. The van der Waals surface area contributed by atoms with Crippen LogP contribution in [0.3, 0.4) is 0 Å². The number of rotatable bonds is 6. The van der Waals surface area contributed by atoms with Crippen LogP contribution in [0.2, 0.25) is 0 Å². The minimum atomic E-state index is -0.769. The zero-order valence-corrected chi connectivity index (χ0v) is 16.9. The number of pyridine rings is 1. The molecule has 1 aliphatic rings. The highest BCUT2D eigenvalue weighted by atomic mass is 16.5. The van der Waals surface area contributed by atoms with Gasteiger partial charge in [-0.25, -0.2) is 14.6 Å². The van der Waals surface area contributed by atoms with Gasteiger partial charge in [-0.15, -0.1) is 0 Å². The average molecular weight is 424 g/mol. The van der Waals surface area contributed by atoms with Crippen molar-refractivity contribution in [2.45, 2.75) is 25.7 Å². The first-order valence-corrected chi connectivity index (χ1v) is 9.63. The van der Waals surface area contributed by atoms with E-state index < -0.39 is 24.5 Å². The van der Waals surface area contributed by atoms with Crippen LogP contribution >= 0.6 is 0 Å². The number of hydrogen-bond donors (Lipinski definition) is 2. The molecule has 3 aromatic rings. The van der Waals surface area contributed by atoms with Crippen LogP contribution in [0.15, 0.2) is 34.9 Å². The Hall–Kier alpha value is -3.95. The number of aryl methyl sites for hydroxylation is 1. The van der Waals surface area contributed by atoms with Gasteiger partial charge in [0, 0.05) is 17.3 Å². The van der Waals surface area contributed by atoms with E-state index in [1.54, 1.807) is 37.3 Å². The Balaban J connectivity index is 1.36. The summed E-state index contributed by atoms with van der Waals surface area (Å²) in [6, 6.07) is 7.48. The van der Waals surface area contributed by atoms with Gasteiger partial charge in [0.05, 0.1) is 23.8 Å². The van der Waals surface area contributed by atoms with E-state index in [-0.39, 0.29) is 17.2 Å². The van der Waals surface area contributed by atoms with Crippen molar-refractivity contribution in [3.63, 3.8) is 0 Å². The Morgan fingerprint density at radius 1 is 1.19 bits per heavy atom. The number of aromatic nitrogens is 2. The van der Waals surface area contributed by atoms with Crippen molar-refractivity contribution in [3.05, 3.63) is 47.3 Å². The van der Waals surface area contributed by atoms with E-state index in [1.165, 1.54) is 7.11 Å². The molecule has 1 fully saturated rings. The Bertz CT molecular complexity index is 1150. The molecule has 0 unspecified atom stereocenters. The van der Waals surface area contributed by atoms with E-state index in [0.29, 0.717) is 22.5 Å². The third-order valence-electron chi connectivity index (χ3n) is 4.79. The summed E-state index contributed by atoms with van der Waals surface area (Å²) in [4.78, 5) is 41.0. The molecule has 1 saturated carbocycles. The molecule has 0 bridgehead atoms. The fraction of sp³-hybridized carbons (Fsp3) is 0.286. The minimum Gasteiger partial charge on any atom is -0.497 e. The van der Waals surface area contributed by atoms with Crippen LogP contribution in [0.25, 0.3) is 11.1 Å². The van der Waals surface area contributed by atoms with Crippen LogP contribution in [0.4, 0.5) is 10.5 Å². The minimum absolute atomic E-state index is 0.237. The smallest absolute Gasteiger partial charge is 0.339 e. The number of methoxy groups -OCH3 is 1. The maximum Gasteiger partial charge on any atom is 0.339 e. The highest BCUT2D eigenvalue weighted by molar-refractivity contribution is 6.05. The summed E-state index contributed by atoms with van der Waals surface area (Å²) in [6.07, 6.45) is 1.98. The first-order chi connectivity index (χ1) is 14.9. The predicted octanol–water partition coefficient (Wildman–Crippen LogP) is 2.92. The standard InChI is InChI=1S/C21H20N4O6/c1-11-18-15(9-16(12-3-4-12)23-19(18)31-25-11)20(27)30-10-17(26)24-21(28)22-13-5-7-14(29-2)8-6-13/h5-9,12H,3-4,10H2,1-2H3,(H2,22,24,26,28). The second-order valence-electron chi connectivity index (χ2n) is 7.12. The highest BCUT2D eigenvalue weighted by Gasteiger charge is 2.29. The summed E-state index contributed by atoms with van der Waals surface area (Å²) in [5.74, 6) is -0.571. The molecule has 0 saturated heterocycles. The lowest BCUT2D eigenvalue weighted by atomic mass is 10.1. The van der Waals surface area contributed by atoms with E-state index in [2.05, 4.69) is 20.8 Å². The quantitative estimate of drug-likeness (QED) is 0.577. The third kappa shape index (κ3) is 4.63. The molecule has 0 radical (unpaired) electrons. The fourth-order valence-corrected chi connectivity index (χ4v) is 3.07.